The summed E-state index contributed by atoms with van der Waals surface area (Å²) in [5, 5.41) is 12.0. The van der Waals surface area contributed by atoms with Crippen LogP contribution in [0.2, 0.25) is 0 Å². The third-order valence-corrected chi connectivity index (χ3v) is 7.00. The highest BCUT2D eigenvalue weighted by atomic mass is 32.2. The largest absolute Gasteiger partial charge is 0.325 e. The number of fused-ring (bicyclic) bond motifs is 3. The number of anilines is 1. The highest BCUT2D eigenvalue weighted by Crippen LogP contribution is 2.38. The molecule has 0 saturated carbocycles. The molecule has 148 valence electrons. The number of thiazole rings is 1. The lowest BCUT2D eigenvalue weighted by Gasteiger charge is -2.16. The highest BCUT2D eigenvalue weighted by Gasteiger charge is 2.25. The molecule has 0 aliphatic rings. The second-order valence-electron chi connectivity index (χ2n) is 6.93. The van der Waals surface area contributed by atoms with Crippen molar-refractivity contribution in [2.24, 2.45) is 0 Å². The Hall–Kier alpha value is -3.16. The Balaban J connectivity index is 1.52. The summed E-state index contributed by atoms with van der Waals surface area (Å²) in [6.07, 6.45) is 0. The van der Waals surface area contributed by atoms with E-state index < -0.39 is 5.25 Å². The Morgan fingerprint density at radius 1 is 0.967 bits per heavy atom. The lowest BCUT2D eigenvalue weighted by molar-refractivity contribution is -0.115. The molecule has 0 fully saturated rings. The van der Waals surface area contributed by atoms with E-state index in [2.05, 4.69) is 27.6 Å². The molecule has 5 nitrogen and oxygen atoms in total. The first-order chi connectivity index (χ1) is 14.7. The molecule has 30 heavy (non-hydrogen) atoms. The minimum absolute atomic E-state index is 0.0914. The molecule has 5 rings (SSSR count). The van der Waals surface area contributed by atoms with Crippen molar-refractivity contribution >= 4 is 49.9 Å². The van der Waals surface area contributed by atoms with E-state index in [1.54, 1.807) is 11.3 Å². The first kappa shape index (κ1) is 18.8. The van der Waals surface area contributed by atoms with E-state index in [1.807, 2.05) is 78.1 Å². The van der Waals surface area contributed by atoms with Crippen LogP contribution in [-0.4, -0.2) is 20.5 Å². The molecule has 1 atom stereocenters. The molecule has 0 aliphatic heterocycles. The van der Waals surface area contributed by atoms with Gasteiger partial charge in [-0.25, -0.2) is 0 Å². The number of hydrogen-bond acceptors (Lipinski definition) is 5. The van der Waals surface area contributed by atoms with Crippen LogP contribution in [0.25, 0.3) is 15.2 Å². The minimum Gasteiger partial charge on any atom is -0.325 e. The molecule has 0 saturated heterocycles. The van der Waals surface area contributed by atoms with Crippen LogP contribution < -0.4 is 5.32 Å². The van der Waals surface area contributed by atoms with Gasteiger partial charge in [0.05, 0.1) is 10.2 Å². The van der Waals surface area contributed by atoms with Crippen LogP contribution in [0.1, 0.15) is 16.4 Å². The molecule has 1 unspecified atom stereocenters. The van der Waals surface area contributed by atoms with Crippen molar-refractivity contribution in [3.05, 3.63) is 90.0 Å². The van der Waals surface area contributed by atoms with Crippen molar-refractivity contribution in [3.8, 4) is 0 Å². The van der Waals surface area contributed by atoms with Gasteiger partial charge in [-0.1, -0.05) is 83.3 Å². The van der Waals surface area contributed by atoms with Crippen LogP contribution in [0.5, 0.6) is 0 Å². The van der Waals surface area contributed by atoms with Crippen molar-refractivity contribution in [2.45, 2.75) is 17.3 Å². The smallest absolute Gasteiger partial charge is 0.242 e. The first-order valence-corrected chi connectivity index (χ1v) is 11.2. The number of carbonyl (C=O) groups excluding carboxylic acids is 1. The normalized spacial score (nSPS) is 12.3. The summed E-state index contributed by atoms with van der Waals surface area (Å²) in [6.45, 7) is 2.02. The molecule has 3 aromatic carbocycles. The van der Waals surface area contributed by atoms with Gasteiger partial charge >= 0.3 is 0 Å². The number of benzene rings is 3. The fraction of sp³-hybridized carbons (Fsp3) is 0.0870. The zero-order valence-electron chi connectivity index (χ0n) is 16.1. The number of thioether (sulfide) groups is 1. The topological polar surface area (TPSA) is 59.3 Å². The summed E-state index contributed by atoms with van der Waals surface area (Å²) in [5.74, 6) is -0.0914. The summed E-state index contributed by atoms with van der Waals surface area (Å²) in [4.78, 5) is 14.1. The number of rotatable bonds is 5. The van der Waals surface area contributed by atoms with Gasteiger partial charge in [-0.05, 0) is 36.8 Å². The van der Waals surface area contributed by atoms with Gasteiger partial charge in [0.1, 0.15) is 5.25 Å². The van der Waals surface area contributed by atoms with Gasteiger partial charge in [0.15, 0.2) is 5.16 Å². The highest BCUT2D eigenvalue weighted by molar-refractivity contribution is 8.00. The van der Waals surface area contributed by atoms with Crippen LogP contribution in [0, 0.1) is 6.92 Å². The summed E-state index contributed by atoms with van der Waals surface area (Å²) < 4.78 is 3.17. The third kappa shape index (κ3) is 3.58. The van der Waals surface area contributed by atoms with E-state index in [0.717, 1.165) is 32.0 Å². The molecular formula is C23H18N4OS2. The maximum absolute atomic E-state index is 13.3. The summed E-state index contributed by atoms with van der Waals surface area (Å²) >= 11 is 3.01. The molecule has 2 heterocycles. The lowest BCUT2D eigenvalue weighted by Crippen LogP contribution is -2.19. The average molecular weight is 431 g/mol. The zero-order valence-corrected chi connectivity index (χ0v) is 17.8. The first-order valence-electron chi connectivity index (χ1n) is 9.51. The predicted molar refractivity (Wildman–Crippen MR) is 123 cm³/mol. The third-order valence-electron chi connectivity index (χ3n) is 4.79. The fourth-order valence-electron chi connectivity index (χ4n) is 3.28. The van der Waals surface area contributed by atoms with E-state index in [4.69, 9.17) is 0 Å². The van der Waals surface area contributed by atoms with Crippen molar-refractivity contribution < 1.29 is 4.79 Å². The number of hydrogen-bond donors (Lipinski definition) is 1. The monoisotopic (exact) mass is 430 g/mol. The Bertz CT molecular complexity index is 1330. The van der Waals surface area contributed by atoms with Gasteiger partial charge in [0.25, 0.3) is 0 Å². The summed E-state index contributed by atoms with van der Waals surface area (Å²) in [7, 11) is 0. The predicted octanol–water partition coefficient (Wildman–Crippen LogP) is 5.72. The Morgan fingerprint density at radius 2 is 1.70 bits per heavy atom. The number of amides is 1. The molecule has 0 aliphatic carbocycles. The number of para-hydroxylation sites is 1. The molecule has 1 N–H and O–H groups in total. The SMILES string of the molecule is Cc1ccc(NC(=O)C(Sc2nnc3sc4ccccc4n23)c2ccccc2)cc1. The van der Waals surface area contributed by atoms with Gasteiger partial charge in [-0.2, -0.15) is 0 Å². The quantitative estimate of drug-likeness (QED) is 0.362. The van der Waals surface area contributed by atoms with E-state index >= 15 is 0 Å². The molecule has 2 aromatic heterocycles. The zero-order chi connectivity index (χ0) is 20.5. The van der Waals surface area contributed by atoms with Crippen molar-refractivity contribution in [1.82, 2.24) is 14.6 Å². The number of carbonyl (C=O) groups is 1. The van der Waals surface area contributed by atoms with E-state index in [9.17, 15) is 4.79 Å². The van der Waals surface area contributed by atoms with Gasteiger partial charge in [0.2, 0.25) is 10.9 Å². The van der Waals surface area contributed by atoms with Gasteiger partial charge in [-0.3, -0.25) is 9.20 Å². The number of aryl methyl sites for hydroxylation is 1. The molecular weight excluding hydrogens is 412 g/mol. The van der Waals surface area contributed by atoms with Crippen LogP contribution >= 0.6 is 23.1 Å². The summed E-state index contributed by atoms with van der Waals surface area (Å²) in [5.41, 5.74) is 3.90. The Morgan fingerprint density at radius 3 is 2.50 bits per heavy atom. The van der Waals surface area contributed by atoms with Crippen LogP contribution in [0.3, 0.4) is 0 Å². The van der Waals surface area contributed by atoms with Crippen LogP contribution in [0.4, 0.5) is 5.69 Å². The minimum atomic E-state index is -0.460. The maximum Gasteiger partial charge on any atom is 0.242 e. The fourth-order valence-corrected chi connectivity index (χ4v) is 5.35. The maximum atomic E-state index is 13.3. The summed E-state index contributed by atoms with van der Waals surface area (Å²) in [6, 6.07) is 25.7. The lowest BCUT2D eigenvalue weighted by atomic mass is 10.1. The molecule has 5 aromatic rings. The number of nitrogens with zero attached hydrogens (tertiary/aromatic N) is 3. The van der Waals surface area contributed by atoms with Crippen LogP contribution in [0.15, 0.2) is 84.0 Å². The van der Waals surface area contributed by atoms with Gasteiger partial charge in [-0.15, -0.1) is 10.2 Å². The van der Waals surface area contributed by atoms with Crippen molar-refractivity contribution in [2.75, 3.05) is 5.32 Å². The number of nitrogens with one attached hydrogen (secondary N) is 1. The Labute approximate surface area is 181 Å². The molecule has 0 bridgehead atoms. The molecule has 1 amide bonds. The molecule has 0 spiro atoms. The second-order valence-corrected chi connectivity index (χ2v) is 9.02. The standard InChI is InChI=1S/C23H18N4OS2/c1-15-11-13-17(14-12-15)24-21(28)20(16-7-3-2-4-8-16)30-23-26-25-22-27(23)18-9-5-6-10-19(18)29-22/h2-14,20H,1H3,(H,24,28). The van der Waals surface area contributed by atoms with E-state index in [1.165, 1.54) is 11.8 Å². The van der Waals surface area contributed by atoms with E-state index in [0.29, 0.717) is 5.16 Å². The van der Waals surface area contributed by atoms with Crippen molar-refractivity contribution in [3.63, 3.8) is 0 Å². The van der Waals surface area contributed by atoms with Crippen LogP contribution in [-0.2, 0) is 4.79 Å². The molecule has 0 radical (unpaired) electrons. The Kier molecular flexibility index (Phi) is 4.98. The molecule has 7 heteroatoms. The van der Waals surface area contributed by atoms with Gasteiger partial charge in [0, 0.05) is 5.69 Å². The van der Waals surface area contributed by atoms with Gasteiger partial charge < -0.3 is 5.32 Å². The number of aromatic nitrogens is 3. The van der Waals surface area contributed by atoms with Crippen molar-refractivity contribution in [1.29, 1.82) is 0 Å². The average Bonchev–Trinajstić information content (AvgIpc) is 3.33. The second kappa shape index (κ2) is 7.93. The van der Waals surface area contributed by atoms with E-state index in [-0.39, 0.29) is 5.91 Å².